The van der Waals surface area contributed by atoms with Gasteiger partial charge in [-0.05, 0) is 12.1 Å². The van der Waals surface area contributed by atoms with Gasteiger partial charge in [0.1, 0.15) is 5.75 Å². The maximum absolute atomic E-state index is 10.5. The zero-order valence-corrected chi connectivity index (χ0v) is 9.29. The highest BCUT2D eigenvalue weighted by Crippen LogP contribution is 2.19. The minimum absolute atomic E-state index is 0. The van der Waals surface area contributed by atoms with Crippen LogP contribution in [0, 0.1) is 11.3 Å². The number of hydrogen-bond acceptors (Lipinski definition) is 4. The molecule has 1 amide bonds. The fraction of sp³-hybridized carbons (Fsp3) is 0.200. The van der Waals surface area contributed by atoms with Crippen molar-refractivity contribution in [2.45, 2.75) is 6.54 Å². The molecular weight excluding hydrogens is 230 g/mol. The van der Waals surface area contributed by atoms with E-state index >= 15 is 0 Å². The summed E-state index contributed by atoms with van der Waals surface area (Å²) in [4.78, 5) is 10.5. The summed E-state index contributed by atoms with van der Waals surface area (Å²) in [6.45, 7) is 0.0572. The van der Waals surface area contributed by atoms with Gasteiger partial charge in [0, 0.05) is 12.1 Å². The van der Waals surface area contributed by atoms with E-state index in [-0.39, 0.29) is 25.6 Å². The molecule has 0 saturated heterocycles. The number of nitrogens with zero attached hydrogens (tertiary/aromatic N) is 1. The third kappa shape index (κ3) is 3.77. The summed E-state index contributed by atoms with van der Waals surface area (Å²) in [7, 11) is 0. The van der Waals surface area contributed by atoms with E-state index in [1.807, 2.05) is 6.07 Å². The van der Waals surface area contributed by atoms with Crippen molar-refractivity contribution >= 4 is 18.3 Å². The summed E-state index contributed by atoms with van der Waals surface area (Å²) in [5.41, 5.74) is 11.6. The van der Waals surface area contributed by atoms with E-state index in [1.54, 1.807) is 12.1 Å². The summed E-state index contributed by atoms with van der Waals surface area (Å²) in [6.07, 6.45) is 0. The van der Waals surface area contributed by atoms with Crippen LogP contribution in [0.5, 0.6) is 5.75 Å². The molecule has 0 saturated carbocycles. The van der Waals surface area contributed by atoms with Crippen molar-refractivity contribution in [3.05, 3.63) is 29.3 Å². The van der Waals surface area contributed by atoms with Gasteiger partial charge in [0.25, 0.3) is 5.91 Å². The maximum atomic E-state index is 10.5. The van der Waals surface area contributed by atoms with E-state index in [1.165, 1.54) is 6.07 Å². The minimum atomic E-state index is -0.569. The number of benzene rings is 1. The van der Waals surface area contributed by atoms with Gasteiger partial charge in [0.15, 0.2) is 6.61 Å². The van der Waals surface area contributed by atoms with Crippen molar-refractivity contribution in [3.8, 4) is 11.8 Å². The fourth-order valence-electron chi connectivity index (χ4n) is 1.08. The highest BCUT2D eigenvalue weighted by atomic mass is 35.5. The van der Waals surface area contributed by atoms with Gasteiger partial charge < -0.3 is 16.2 Å². The standard InChI is InChI=1S/C10H11N3O2.ClH/c11-4-7-1-2-8(5-12)9(3-7)15-6-10(13)14;/h1-3H,5-6,12H2,(H2,13,14);1H. The lowest BCUT2D eigenvalue weighted by atomic mass is 10.1. The van der Waals surface area contributed by atoms with Crippen molar-refractivity contribution < 1.29 is 9.53 Å². The van der Waals surface area contributed by atoms with Gasteiger partial charge in [0.05, 0.1) is 11.6 Å². The summed E-state index contributed by atoms with van der Waals surface area (Å²) in [5, 5.41) is 8.67. The SMILES string of the molecule is Cl.N#Cc1ccc(CN)c(OCC(N)=O)c1. The van der Waals surface area contributed by atoms with Crippen LogP contribution in [0.15, 0.2) is 18.2 Å². The molecule has 6 heteroatoms. The molecule has 86 valence electrons. The molecule has 0 atom stereocenters. The van der Waals surface area contributed by atoms with Crippen LogP contribution in [0.3, 0.4) is 0 Å². The Balaban J connectivity index is 0.00000225. The van der Waals surface area contributed by atoms with Crippen molar-refractivity contribution in [2.24, 2.45) is 11.5 Å². The van der Waals surface area contributed by atoms with Crippen LogP contribution >= 0.6 is 12.4 Å². The van der Waals surface area contributed by atoms with Crippen molar-refractivity contribution in [1.82, 2.24) is 0 Å². The molecule has 5 nitrogen and oxygen atoms in total. The molecule has 1 rings (SSSR count). The predicted octanol–water partition coefficient (Wildman–Crippen LogP) is 0.303. The smallest absolute Gasteiger partial charge is 0.255 e. The topological polar surface area (TPSA) is 102 Å². The number of amides is 1. The first-order valence-electron chi connectivity index (χ1n) is 4.31. The van der Waals surface area contributed by atoms with E-state index in [2.05, 4.69) is 0 Å². The number of ether oxygens (including phenoxy) is 1. The molecule has 0 aliphatic carbocycles. The van der Waals surface area contributed by atoms with Gasteiger partial charge in [-0.15, -0.1) is 12.4 Å². The number of primary amides is 1. The average Bonchev–Trinajstić information content (AvgIpc) is 2.25. The molecule has 0 aliphatic rings. The Hall–Kier alpha value is -1.77. The van der Waals surface area contributed by atoms with Crippen molar-refractivity contribution in [3.63, 3.8) is 0 Å². The lowest BCUT2D eigenvalue weighted by molar-refractivity contribution is -0.119. The molecule has 0 unspecified atom stereocenters. The lowest BCUT2D eigenvalue weighted by Crippen LogP contribution is -2.20. The zero-order valence-electron chi connectivity index (χ0n) is 8.47. The lowest BCUT2D eigenvalue weighted by Gasteiger charge is -2.08. The number of nitriles is 1. The molecule has 0 spiro atoms. The van der Waals surface area contributed by atoms with Crippen LogP contribution < -0.4 is 16.2 Å². The third-order valence-electron chi connectivity index (χ3n) is 1.79. The Morgan fingerprint density at radius 2 is 2.19 bits per heavy atom. The Labute approximate surface area is 99.4 Å². The van der Waals surface area contributed by atoms with E-state index in [4.69, 9.17) is 21.5 Å². The first-order valence-corrected chi connectivity index (χ1v) is 4.31. The summed E-state index contributed by atoms with van der Waals surface area (Å²) in [6, 6.07) is 6.83. The summed E-state index contributed by atoms with van der Waals surface area (Å²) >= 11 is 0. The molecule has 0 fully saturated rings. The molecule has 0 aliphatic heterocycles. The molecule has 16 heavy (non-hydrogen) atoms. The van der Waals surface area contributed by atoms with Crippen LogP contribution in [0.2, 0.25) is 0 Å². The molecule has 1 aromatic rings. The molecule has 0 radical (unpaired) electrons. The van der Waals surface area contributed by atoms with Crippen LogP contribution in [0.1, 0.15) is 11.1 Å². The van der Waals surface area contributed by atoms with Gasteiger partial charge in [0.2, 0.25) is 0 Å². The van der Waals surface area contributed by atoms with Crippen molar-refractivity contribution in [2.75, 3.05) is 6.61 Å². The second kappa shape index (κ2) is 6.67. The monoisotopic (exact) mass is 241 g/mol. The van der Waals surface area contributed by atoms with Gasteiger partial charge in [-0.2, -0.15) is 5.26 Å². The molecule has 4 N–H and O–H groups in total. The highest BCUT2D eigenvalue weighted by Gasteiger charge is 2.05. The highest BCUT2D eigenvalue weighted by molar-refractivity contribution is 5.85. The zero-order chi connectivity index (χ0) is 11.3. The van der Waals surface area contributed by atoms with E-state index in [9.17, 15) is 4.79 Å². The first-order chi connectivity index (χ1) is 7.17. The fourth-order valence-corrected chi connectivity index (χ4v) is 1.08. The van der Waals surface area contributed by atoms with Crippen LogP contribution in [0.25, 0.3) is 0 Å². The van der Waals surface area contributed by atoms with Crippen LogP contribution in [0.4, 0.5) is 0 Å². The number of hydrogen-bond donors (Lipinski definition) is 2. The van der Waals surface area contributed by atoms with Gasteiger partial charge >= 0.3 is 0 Å². The Kier molecular flexibility index (Phi) is 5.93. The largest absolute Gasteiger partial charge is 0.483 e. The van der Waals surface area contributed by atoms with Gasteiger partial charge in [-0.3, -0.25) is 4.79 Å². The quantitative estimate of drug-likeness (QED) is 0.792. The number of rotatable bonds is 4. The van der Waals surface area contributed by atoms with Crippen molar-refractivity contribution in [1.29, 1.82) is 5.26 Å². The third-order valence-corrected chi connectivity index (χ3v) is 1.79. The molecule has 0 aromatic heterocycles. The number of halogens is 1. The predicted molar refractivity (Wildman–Crippen MR) is 61.0 cm³/mol. The van der Waals surface area contributed by atoms with E-state index in [0.717, 1.165) is 5.56 Å². The summed E-state index contributed by atoms with van der Waals surface area (Å²) < 4.78 is 5.13. The normalized spacial score (nSPS) is 8.75. The number of nitrogens with two attached hydrogens (primary N) is 2. The van der Waals surface area contributed by atoms with E-state index in [0.29, 0.717) is 11.3 Å². The van der Waals surface area contributed by atoms with Gasteiger partial charge in [-0.1, -0.05) is 6.07 Å². The first kappa shape index (κ1) is 14.2. The number of carbonyl (C=O) groups is 1. The molecule has 0 heterocycles. The minimum Gasteiger partial charge on any atom is -0.483 e. The number of carbonyl (C=O) groups excluding carboxylic acids is 1. The van der Waals surface area contributed by atoms with E-state index < -0.39 is 5.91 Å². The Morgan fingerprint density at radius 3 is 2.69 bits per heavy atom. The van der Waals surface area contributed by atoms with Crippen LogP contribution in [-0.4, -0.2) is 12.5 Å². The summed E-state index contributed by atoms with van der Waals surface area (Å²) in [5.74, 6) is -0.143. The molecule has 1 aromatic carbocycles. The molecule has 0 bridgehead atoms. The average molecular weight is 242 g/mol. The second-order valence-electron chi connectivity index (χ2n) is 2.89. The van der Waals surface area contributed by atoms with Crippen LogP contribution in [-0.2, 0) is 11.3 Å². The second-order valence-corrected chi connectivity index (χ2v) is 2.89. The van der Waals surface area contributed by atoms with Gasteiger partial charge in [-0.25, -0.2) is 0 Å². The molecular formula is C10H12ClN3O2. The Morgan fingerprint density at radius 1 is 1.50 bits per heavy atom. The Bertz CT molecular complexity index is 415. The maximum Gasteiger partial charge on any atom is 0.255 e.